The second kappa shape index (κ2) is 8.69. The van der Waals surface area contributed by atoms with Crippen LogP contribution < -0.4 is 20.7 Å². The van der Waals surface area contributed by atoms with Gasteiger partial charge in [0.1, 0.15) is 12.4 Å². The standard InChI is InChI=1S/C19H21N3O3.ClH/c1-13(23)22-10-8-14-12-15(2-7-18(14)22)19(24)21-16-3-5-17(6-4-16)25-11-9-20;/h2-7,12H,8-11,20H2,1H3,(H,21,24);1H. The number of hydrogen-bond donors (Lipinski definition) is 2. The molecule has 0 spiro atoms. The van der Waals surface area contributed by atoms with E-state index in [-0.39, 0.29) is 24.2 Å². The molecule has 6 nitrogen and oxygen atoms in total. The summed E-state index contributed by atoms with van der Waals surface area (Å²) in [6.45, 7) is 3.13. The topological polar surface area (TPSA) is 84.7 Å². The molecular weight excluding hydrogens is 354 g/mol. The monoisotopic (exact) mass is 375 g/mol. The van der Waals surface area contributed by atoms with Crippen molar-refractivity contribution >= 4 is 35.6 Å². The number of ether oxygens (including phenoxy) is 1. The van der Waals surface area contributed by atoms with Crippen LogP contribution in [0.15, 0.2) is 42.5 Å². The fourth-order valence-electron chi connectivity index (χ4n) is 2.88. The van der Waals surface area contributed by atoms with E-state index < -0.39 is 0 Å². The van der Waals surface area contributed by atoms with E-state index in [1.54, 1.807) is 42.2 Å². The number of nitrogens with one attached hydrogen (secondary N) is 1. The van der Waals surface area contributed by atoms with Crippen LogP contribution in [0.1, 0.15) is 22.8 Å². The Morgan fingerprint density at radius 3 is 2.58 bits per heavy atom. The van der Waals surface area contributed by atoms with Crippen molar-refractivity contribution < 1.29 is 14.3 Å². The van der Waals surface area contributed by atoms with Crippen molar-refractivity contribution in [1.29, 1.82) is 0 Å². The molecule has 0 bridgehead atoms. The SMILES string of the molecule is CC(=O)N1CCc2cc(C(=O)Nc3ccc(OCCN)cc3)ccc21.Cl. The second-order valence-corrected chi connectivity index (χ2v) is 5.88. The number of anilines is 2. The van der Waals surface area contributed by atoms with Crippen LogP contribution >= 0.6 is 12.4 Å². The van der Waals surface area contributed by atoms with Gasteiger partial charge in [-0.05, 0) is 54.4 Å². The molecule has 0 atom stereocenters. The predicted molar refractivity (Wildman–Crippen MR) is 104 cm³/mol. The average Bonchev–Trinajstić information content (AvgIpc) is 3.04. The number of rotatable bonds is 5. The Kier molecular flexibility index (Phi) is 6.60. The lowest BCUT2D eigenvalue weighted by Crippen LogP contribution is -2.25. The Bertz CT molecular complexity index is 793. The minimum Gasteiger partial charge on any atom is -0.492 e. The van der Waals surface area contributed by atoms with Crippen LogP contribution in [0.3, 0.4) is 0 Å². The minimum absolute atomic E-state index is 0. The van der Waals surface area contributed by atoms with E-state index in [9.17, 15) is 9.59 Å². The summed E-state index contributed by atoms with van der Waals surface area (Å²) < 4.78 is 5.41. The molecule has 0 saturated heterocycles. The molecule has 3 rings (SSSR count). The summed E-state index contributed by atoms with van der Waals surface area (Å²) in [7, 11) is 0. The molecule has 1 heterocycles. The summed E-state index contributed by atoms with van der Waals surface area (Å²) in [5, 5.41) is 2.87. The first-order valence-corrected chi connectivity index (χ1v) is 8.24. The zero-order valence-electron chi connectivity index (χ0n) is 14.5. The third-order valence-corrected chi connectivity index (χ3v) is 4.12. The predicted octanol–water partition coefficient (Wildman–Crippen LogP) is 2.61. The van der Waals surface area contributed by atoms with Gasteiger partial charge in [-0.2, -0.15) is 0 Å². The minimum atomic E-state index is -0.181. The molecule has 0 radical (unpaired) electrons. The number of nitrogens with two attached hydrogens (primary N) is 1. The maximum absolute atomic E-state index is 12.4. The van der Waals surface area contributed by atoms with Crippen molar-refractivity contribution in [2.45, 2.75) is 13.3 Å². The van der Waals surface area contributed by atoms with Crippen LogP contribution in [0.2, 0.25) is 0 Å². The van der Waals surface area contributed by atoms with Gasteiger partial charge in [-0.1, -0.05) is 0 Å². The first-order chi connectivity index (χ1) is 12.1. The molecule has 2 aromatic rings. The van der Waals surface area contributed by atoms with Crippen LogP contribution in [0.4, 0.5) is 11.4 Å². The zero-order valence-corrected chi connectivity index (χ0v) is 15.3. The Morgan fingerprint density at radius 1 is 1.19 bits per heavy atom. The fraction of sp³-hybridized carbons (Fsp3) is 0.263. The van der Waals surface area contributed by atoms with E-state index in [0.29, 0.717) is 36.7 Å². The molecular formula is C19H22ClN3O3. The van der Waals surface area contributed by atoms with Gasteiger partial charge in [0.25, 0.3) is 5.91 Å². The highest BCUT2D eigenvalue weighted by Crippen LogP contribution is 2.29. The summed E-state index contributed by atoms with van der Waals surface area (Å²) in [6.07, 6.45) is 0.767. The van der Waals surface area contributed by atoms with Crippen LogP contribution in [0.25, 0.3) is 0 Å². The van der Waals surface area contributed by atoms with Gasteiger partial charge in [0, 0.05) is 37.0 Å². The largest absolute Gasteiger partial charge is 0.492 e. The number of carbonyl (C=O) groups is 2. The molecule has 0 aliphatic carbocycles. The maximum atomic E-state index is 12.4. The van der Waals surface area contributed by atoms with E-state index in [2.05, 4.69) is 5.32 Å². The van der Waals surface area contributed by atoms with Crippen molar-refractivity contribution in [3.05, 3.63) is 53.6 Å². The molecule has 1 aliphatic rings. The lowest BCUT2D eigenvalue weighted by atomic mass is 10.1. The van der Waals surface area contributed by atoms with Crippen LogP contribution in [0, 0.1) is 0 Å². The molecule has 0 aromatic heterocycles. The van der Waals surface area contributed by atoms with Gasteiger partial charge in [-0.25, -0.2) is 0 Å². The Balaban J connectivity index is 0.00000243. The summed E-state index contributed by atoms with van der Waals surface area (Å²) in [5.41, 5.74) is 8.58. The lowest BCUT2D eigenvalue weighted by Gasteiger charge is -2.14. The molecule has 0 unspecified atom stereocenters. The van der Waals surface area contributed by atoms with E-state index in [4.69, 9.17) is 10.5 Å². The first kappa shape index (κ1) is 19.8. The quantitative estimate of drug-likeness (QED) is 0.841. The van der Waals surface area contributed by atoms with Crippen LogP contribution in [-0.2, 0) is 11.2 Å². The normalized spacial score (nSPS) is 12.2. The molecule has 1 aliphatic heterocycles. The molecule has 26 heavy (non-hydrogen) atoms. The Labute approximate surface area is 158 Å². The Hall–Kier alpha value is -2.57. The zero-order chi connectivity index (χ0) is 17.8. The van der Waals surface area contributed by atoms with Crippen molar-refractivity contribution in [2.24, 2.45) is 5.73 Å². The average molecular weight is 376 g/mol. The van der Waals surface area contributed by atoms with Crippen molar-refractivity contribution in [2.75, 3.05) is 29.9 Å². The molecule has 0 saturated carbocycles. The van der Waals surface area contributed by atoms with Crippen molar-refractivity contribution in [3.8, 4) is 5.75 Å². The molecule has 0 fully saturated rings. The molecule has 3 N–H and O–H groups in total. The summed E-state index contributed by atoms with van der Waals surface area (Å²) in [5.74, 6) is 0.554. The van der Waals surface area contributed by atoms with Gasteiger partial charge in [-0.15, -0.1) is 12.4 Å². The third kappa shape index (κ3) is 4.33. The highest BCUT2D eigenvalue weighted by molar-refractivity contribution is 6.05. The van der Waals surface area contributed by atoms with E-state index in [1.807, 2.05) is 12.1 Å². The highest BCUT2D eigenvalue weighted by Gasteiger charge is 2.23. The smallest absolute Gasteiger partial charge is 0.255 e. The molecule has 138 valence electrons. The molecule has 2 aromatic carbocycles. The van der Waals surface area contributed by atoms with E-state index in [0.717, 1.165) is 17.7 Å². The number of fused-ring (bicyclic) bond motifs is 1. The number of nitrogens with zero attached hydrogens (tertiary/aromatic N) is 1. The fourth-order valence-corrected chi connectivity index (χ4v) is 2.88. The number of amides is 2. The van der Waals surface area contributed by atoms with Gasteiger partial charge in [0.05, 0.1) is 0 Å². The number of halogens is 1. The first-order valence-electron chi connectivity index (χ1n) is 8.24. The summed E-state index contributed by atoms with van der Waals surface area (Å²) in [6, 6.07) is 12.6. The van der Waals surface area contributed by atoms with E-state index in [1.165, 1.54) is 0 Å². The number of hydrogen-bond acceptors (Lipinski definition) is 4. The van der Waals surface area contributed by atoms with Crippen LogP contribution in [0.5, 0.6) is 5.75 Å². The van der Waals surface area contributed by atoms with E-state index >= 15 is 0 Å². The van der Waals surface area contributed by atoms with Crippen molar-refractivity contribution in [1.82, 2.24) is 0 Å². The molecule has 2 amide bonds. The number of benzene rings is 2. The second-order valence-electron chi connectivity index (χ2n) is 5.88. The maximum Gasteiger partial charge on any atom is 0.255 e. The van der Waals surface area contributed by atoms with Gasteiger partial charge in [0.15, 0.2) is 0 Å². The van der Waals surface area contributed by atoms with Gasteiger partial charge in [0.2, 0.25) is 5.91 Å². The van der Waals surface area contributed by atoms with Gasteiger partial charge >= 0.3 is 0 Å². The van der Waals surface area contributed by atoms with Crippen LogP contribution in [-0.4, -0.2) is 31.5 Å². The third-order valence-electron chi connectivity index (χ3n) is 4.12. The van der Waals surface area contributed by atoms with Gasteiger partial charge in [-0.3, -0.25) is 9.59 Å². The Morgan fingerprint density at radius 2 is 1.92 bits per heavy atom. The molecule has 7 heteroatoms. The van der Waals surface area contributed by atoms with Crippen molar-refractivity contribution in [3.63, 3.8) is 0 Å². The van der Waals surface area contributed by atoms with Gasteiger partial charge < -0.3 is 20.7 Å². The highest BCUT2D eigenvalue weighted by atomic mass is 35.5. The summed E-state index contributed by atoms with van der Waals surface area (Å²) in [4.78, 5) is 25.8. The lowest BCUT2D eigenvalue weighted by molar-refractivity contribution is -0.116. The summed E-state index contributed by atoms with van der Waals surface area (Å²) >= 11 is 0. The number of carbonyl (C=O) groups excluding carboxylic acids is 2.